The van der Waals surface area contributed by atoms with Gasteiger partial charge in [-0.05, 0) is 18.4 Å². The Balaban J connectivity index is 2.57. The van der Waals surface area contributed by atoms with E-state index in [-0.39, 0.29) is 11.9 Å². The van der Waals surface area contributed by atoms with Gasteiger partial charge in [0.15, 0.2) is 0 Å². The molecule has 0 heterocycles. The highest BCUT2D eigenvalue weighted by Crippen LogP contribution is 2.07. The molecule has 0 saturated carbocycles. The zero-order chi connectivity index (χ0) is 15.8. The summed E-state index contributed by atoms with van der Waals surface area (Å²) in [7, 11) is 0. The first-order valence-corrected chi connectivity index (χ1v) is 7.60. The fraction of sp³-hybridized carbons (Fsp3) is 0.500. The maximum atomic E-state index is 12.1. The number of ether oxygens (including phenoxy) is 1. The minimum absolute atomic E-state index is 0.00326. The standard InChI is InChI=1S/C16H24N2O2S/c1-4-20-10-14(11(2)3)18-15(19)9-12-5-7-13(8-6-12)16(17)21/h5-8,11,14H,4,9-10H2,1-3H3,(H2,17,21)(H,18,19). The largest absolute Gasteiger partial charge is 0.389 e. The summed E-state index contributed by atoms with van der Waals surface area (Å²) in [5, 5.41) is 3.02. The Bertz CT molecular complexity index is 472. The van der Waals surface area contributed by atoms with Gasteiger partial charge in [-0.1, -0.05) is 50.3 Å². The van der Waals surface area contributed by atoms with E-state index >= 15 is 0 Å². The summed E-state index contributed by atoms with van der Waals surface area (Å²) in [4.78, 5) is 12.5. The number of carbonyl (C=O) groups is 1. The van der Waals surface area contributed by atoms with Crippen LogP contribution in [0.4, 0.5) is 0 Å². The summed E-state index contributed by atoms with van der Waals surface area (Å²) in [6, 6.07) is 7.46. The molecule has 5 heteroatoms. The Kier molecular flexibility index (Phi) is 7.32. The zero-order valence-electron chi connectivity index (χ0n) is 12.9. The van der Waals surface area contributed by atoms with Crippen LogP contribution in [0.3, 0.4) is 0 Å². The van der Waals surface area contributed by atoms with Gasteiger partial charge < -0.3 is 15.8 Å². The average molecular weight is 308 g/mol. The smallest absolute Gasteiger partial charge is 0.224 e. The molecule has 0 aliphatic carbocycles. The summed E-state index contributed by atoms with van der Waals surface area (Å²) in [5.41, 5.74) is 7.30. The fourth-order valence-electron chi connectivity index (χ4n) is 1.88. The van der Waals surface area contributed by atoms with E-state index in [1.54, 1.807) is 0 Å². The summed E-state index contributed by atoms with van der Waals surface area (Å²) >= 11 is 4.90. The van der Waals surface area contributed by atoms with Crippen molar-refractivity contribution in [2.24, 2.45) is 11.7 Å². The number of thiocarbonyl (C=S) groups is 1. The number of nitrogens with one attached hydrogen (secondary N) is 1. The van der Waals surface area contributed by atoms with E-state index in [1.165, 1.54) is 0 Å². The SMILES string of the molecule is CCOCC(NC(=O)Cc1ccc(C(N)=S)cc1)C(C)C. The molecular formula is C16H24N2O2S. The molecule has 4 nitrogen and oxygen atoms in total. The normalized spacial score (nSPS) is 12.2. The van der Waals surface area contributed by atoms with Gasteiger partial charge in [-0.15, -0.1) is 0 Å². The van der Waals surface area contributed by atoms with Crippen LogP contribution in [0.25, 0.3) is 0 Å². The third-order valence-electron chi connectivity index (χ3n) is 3.26. The van der Waals surface area contributed by atoms with E-state index in [0.29, 0.717) is 30.5 Å². The molecule has 0 aliphatic heterocycles. The van der Waals surface area contributed by atoms with Crippen LogP contribution < -0.4 is 11.1 Å². The summed E-state index contributed by atoms with van der Waals surface area (Å²) in [6.07, 6.45) is 0.340. The van der Waals surface area contributed by atoms with Gasteiger partial charge >= 0.3 is 0 Å². The summed E-state index contributed by atoms with van der Waals surface area (Å²) in [6.45, 7) is 7.28. The van der Waals surface area contributed by atoms with Crippen LogP contribution in [0.5, 0.6) is 0 Å². The van der Waals surface area contributed by atoms with E-state index in [1.807, 2.05) is 31.2 Å². The lowest BCUT2D eigenvalue weighted by Gasteiger charge is -2.22. The second-order valence-corrected chi connectivity index (χ2v) is 5.76. The lowest BCUT2D eigenvalue weighted by atomic mass is 10.0. The molecule has 0 spiro atoms. The van der Waals surface area contributed by atoms with Crippen molar-refractivity contribution in [3.8, 4) is 0 Å². The number of carbonyl (C=O) groups excluding carboxylic acids is 1. The molecule has 1 amide bonds. The Labute approximate surface area is 132 Å². The molecule has 0 bridgehead atoms. The third kappa shape index (κ3) is 6.23. The molecule has 0 radical (unpaired) electrons. The Morgan fingerprint density at radius 1 is 1.33 bits per heavy atom. The number of nitrogens with two attached hydrogens (primary N) is 1. The summed E-state index contributed by atoms with van der Waals surface area (Å²) < 4.78 is 5.41. The Hall–Kier alpha value is -1.46. The highest BCUT2D eigenvalue weighted by atomic mass is 32.1. The number of benzene rings is 1. The van der Waals surface area contributed by atoms with Crippen molar-refractivity contribution in [3.63, 3.8) is 0 Å². The van der Waals surface area contributed by atoms with Gasteiger partial charge in [0.25, 0.3) is 0 Å². The Morgan fingerprint density at radius 2 is 1.95 bits per heavy atom. The van der Waals surface area contributed by atoms with Crippen molar-refractivity contribution in [1.82, 2.24) is 5.32 Å². The number of amides is 1. The van der Waals surface area contributed by atoms with Crippen LogP contribution in [0.15, 0.2) is 24.3 Å². The molecule has 3 N–H and O–H groups in total. The van der Waals surface area contributed by atoms with Gasteiger partial charge in [-0.3, -0.25) is 4.79 Å². The average Bonchev–Trinajstić information content (AvgIpc) is 2.43. The number of hydrogen-bond acceptors (Lipinski definition) is 3. The highest BCUT2D eigenvalue weighted by molar-refractivity contribution is 7.80. The highest BCUT2D eigenvalue weighted by Gasteiger charge is 2.16. The van der Waals surface area contributed by atoms with Crippen molar-refractivity contribution in [2.75, 3.05) is 13.2 Å². The van der Waals surface area contributed by atoms with Crippen molar-refractivity contribution in [1.29, 1.82) is 0 Å². The van der Waals surface area contributed by atoms with E-state index in [2.05, 4.69) is 19.2 Å². The van der Waals surface area contributed by atoms with Crippen LogP contribution in [-0.4, -0.2) is 30.2 Å². The number of hydrogen-bond donors (Lipinski definition) is 2. The predicted molar refractivity (Wildman–Crippen MR) is 89.3 cm³/mol. The van der Waals surface area contributed by atoms with Crippen LogP contribution in [0.2, 0.25) is 0 Å². The van der Waals surface area contributed by atoms with Gasteiger partial charge in [-0.2, -0.15) is 0 Å². The van der Waals surface area contributed by atoms with Crippen LogP contribution in [0.1, 0.15) is 31.9 Å². The van der Waals surface area contributed by atoms with Crippen LogP contribution in [0, 0.1) is 5.92 Å². The van der Waals surface area contributed by atoms with Crippen molar-refractivity contribution < 1.29 is 9.53 Å². The van der Waals surface area contributed by atoms with E-state index in [4.69, 9.17) is 22.7 Å². The molecule has 21 heavy (non-hydrogen) atoms. The molecule has 1 aromatic carbocycles. The fourth-order valence-corrected chi connectivity index (χ4v) is 2.01. The molecule has 1 aromatic rings. The molecule has 0 aliphatic rings. The van der Waals surface area contributed by atoms with Gasteiger partial charge in [0, 0.05) is 12.2 Å². The van der Waals surface area contributed by atoms with Crippen molar-refractivity contribution in [2.45, 2.75) is 33.2 Å². The van der Waals surface area contributed by atoms with Gasteiger partial charge in [0.1, 0.15) is 4.99 Å². The first-order chi connectivity index (χ1) is 9.93. The Morgan fingerprint density at radius 3 is 2.43 bits per heavy atom. The maximum Gasteiger partial charge on any atom is 0.224 e. The summed E-state index contributed by atoms with van der Waals surface area (Å²) in [5.74, 6) is 0.328. The monoisotopic (exact) mass is 308 g/mol. The molecule has 0 fully saturated rings. The van der Waals surface area contributed by atoms with Gasteiger partial charge in [0.2, 0.25) is 5.91 Å². The van der Waals surface area contributed by atoms with Crippen LogP contribution in [-0.2, 0) is 16.0 Å². The third-order valence-corrected chi connectivity index (χ3v) is 3.49. The van der Waals surface area contributed by atoms with E-state index in [9.17, 15) is 4.79 Å². The molecule has 1 unspecified atom stereocenters. The van der Waals surface area contributed by atoms with Crippen molar-refractivity contribution >= 4 is 23.1 Å². The molecule has 1 rings (SSSR count). The lowest BCUT2D eigenvalue weighted by Crippen LogP contribution is -2.42. The first kappa shape index (κ1) is 17.6. The second kappa shape index (κ2) is 8.74. The zero-order valence-corrected chi connectivity index (χ0v) is 13.7. The second-order valence-electron chi connectivity index (χ2n) is 5.32. The number of rotatable bonds is 8. The van der Waals surface area contributed by atoms with Crippen molar-refractivity contribution in [3.05, 3.63) is 35.4 Å². The van der Waals surface area contributed by atoms with Gasteiger partial charge in [-0.25, -0.2) is 0 Å². The maximum absolute atomic E-state index is 12.1. The van der Waals surface area contributed by atoms with Gasteiger partial charge in [0.05, 0.1) is 19.1 Å². The molecular weight excluding hydrogens is 284 g/mol. The van der Waals surface area contributed by atoms with E-state index < -0.39 is 0 Å². The minimum atomic E-state index is -0.00326. The van der Waals surface area contributed by atoms with E-state index in [0.717, 1.165) is 11.1 Å². The van der Waals surface area contributed by atoms with Crippen LogP contribution >= 0.6 is 12.2 Å². The molecule has 1 atom stereocenters. The predicted octanol–water partition coefficient (Wildman–Crippen LogP) is 2.04. The molecule has 0 saturated heterocycles. The minimum Gasteiger partial charge on any atom is -0.389 e. The topological polar surface area (TPSA) is 64.3 Å². The molecule has 0 aromatic heterocycles. The lowest BCUT2D eigenvalue weighted by molar-refractivity contribution is -0.122. The molecule has 116 valence electrons. The first-order valence-electron chi connectivity index (χ1n) is 7.19. The quantitative estimate of drug-likeness (QED) is 0.721.